The topological polar surface area (TPSA) is 17.1 Å². The van der Waals surface area contributed by atoms with Crippen molar-refractivity contribution in [3.05, 3.63) is 41.0 Å². The molecule has 0 saturated carbocycles. The zero-order valence-electron chi connectivity index (χ0n) is 6.79. The van der Waals surface area contributed by atoms with Gasteiger partial charge in [-0.05, 0) is 24.0 Å². The number of carbonyl (C=O) groups is 1. The lowest BCUT2D eigenvalue weighted by Gasteiger charge is -2.10. The molecule has 0 atom stereocenters. The van der Waals surface area contributed by atoms with Crippen molar-refractivity contribution in [1.82, 2.24) is 0 Å². The smallest absolute Gasteiger partial charge is 0.150 e. The molecule has 1 nitrogen and oxygen atoms in total. The Kier molecular flexibility index (Phi) is 1.78. The zero-order valence-corrected chi connectivity index (χ0v) is 6.79. The molecular formula is C11H10O. The second-order valence-corrected chi connectivity index (χ2v) is 2.98. The maximum absolute atomic E-state index is 10.6. The number of fused-ring (bicyclic) bond motifs is 1. The van der Waals surface area contributed by atoms with E-state index >= 15 is 0 Å². The summed E-state index contributed by atoms with van der Waals surface area (Å²) in [5, 5.41) is 0. The number of aldehydes is 1. The van der Waals surface area contributed by atoms with Gasteiger partial charge in [-0.25, -0.2) is 0 Å². The Morgan fingerprint density at radius 1 is 1.33 bits per heavy atom. The van der Waals surface area contributed by atoms with E-state index in [9.17, 15) is 4.79 Å². The molecule has 0 saturated heterocycles. The van der Waals surface area contributed by atoms with Crippen LogP contribution in [-0.4, -0.2) is 6.29 Å². The Bertz CT molecular complexity index is 337. The first kappa shape index (κ1) is 7.29. The first-order chi connectivity index (χ1) is 5.92. The lowest BCUT2D eigenvalue weighted by molar-refractivity contribution is 0.112. The molecule has 0 unspecified atom stereocenters. The summed E-state index contributed by atoms with van der Waals surface area (Å²) in [6, 6.07) is 5.90. The molecule has 0 heterocycles. The van der Waals surface area contributed by atoms with Gasteiger partial charge in [0, 0.05) is 5.56 Å². The van der Waals surface area contributed by atoms with Crippen LogP contribution in [0.3, 0.4) is 0 Å². The molecule has 0 amide bonds. The van der Waals surface area contributed by atoms with Gasteiger partial charge in [-0.15, -0.1) is 0 Å². The molecular weight excluding hydrogens is 148 g/mol. The summed E-state index contributed by atoms with van der Waals surface area (Å²) in [5.74, 6) is 0. The largest absolute Gasteiger partial charge is 0.298 e. The number of hydrogen-bond acceptors (Lipinski definition) is 1. The van der Waals surface area contributed by atoms with E-state index in [1.54, 1.807) is 0 Å². The average Bonchev–Trinajstić information content (AvgIpc) is 2.17. The minimum absolute atomic E-state index is 0.809. The van der Waals surface area contributed by atoms with Gasteiger partial charge in [0.2, 0.25) is 0 Å². The fourth-order valence-electron chi connectivity index (χ4n) is 1.60. The van der Waals surface area contributed by atoms with Gasteiger partial charge in [0.1, 0.15) is 0 Å². The molecule has 0 spiro atoms. The molecule has 0 bridgehead atoms. The lowest BCUT2D eigenvalue weighted by Crippen LogP contribution is -1.97. The summed E-state index contributed by atoms with van der Waals surface area (Å²) in [6.45, 7) is 0. The van der Waals surface area contributed by atoms with Crippen molar-refractivity contribution in [2.75, 3.05) is 0 Å². The minimum Gasteiger partial charge on any atom is -0.298 e. The van der Waals surface area contributed by atoms with E-state index in [4.69, 9.17) is 0 Å². The molecule has 60 valence electrons. The number of aryl methyl sites for hydroxylation is 1. The van der Waals surface area contributed by atoms with Crippen molar-refractivity contribution in [3.63, 3.8) is 0 Å². The van der Waals surface area contributed by atoms with E-state index in [0.29, 0.717) is 0 Å². The van der Waals surface area contributed by atoms with E-state index in [2.05, 4.69) is 12.1 Å². The fraction of sp³-hybridized carbons (Fsp3) is 0.182. The fourth-order valence-corrected chi connectivity index (χ4v) is 1.60. The molecule has 0 fully saturated rings. The Morgan fingerprint density at radius 3 is 3.08 bits per heavy atom. The third-order valence-electron chi connectivity index (χ3n) is 2.22. The summed E-state index contributed by atoms with van der Waals surface area (Å²) >= 11 is 0. The first-order valence-corrected chi connectivity index (χ1v) is 4.15. The molecule has 0 N–H and O–H groups in total. The first-order valence-electron chi connectivity index (χ1n) is 4.15. The number of hydrogen-bond donors (Lipinski definition) is 0. The highest BCUT2D eigenvalue weighted by Gasteiger charge is 2.06. The second-order valence-electron chi connectivity index (χ2n) is 2.98. The SMILES string of the molecule is O=Cc1cccc2c1C=CCC2. The van der Waals surface area contributed by atoms with Gasteiger partial charge in [-0.1, -0.05) is 30.4 Å². The number of carbonyl (C=O) groups excluding carboxylic acids is 1. The summed E-state index contributed by atoms with van der Waals surface area (Å²) < 4.78 is 0. The Balaban J connectivity index is 2.61. The molecule has 0 aliphatic heterocycles. The van der Waals surface area contributed by atoms with Crippen molar-refractivity contribution in [1.29, 1.82) is 0 Å². The average molecular weight is 158 g/mol. The summed E-state index contributed by atoms with van der Waals surface area (Å²) in [4.78, 5) is 10.6. The normalized spacial score (nSPS) is 14.0. The van der Waals surface area contributed by atoms with Gasteiger partial charge in [0.25, 0.3) is 0 Å². The van der Waals surface area contributed by atoms with Crippen LogP contribution in [0.2, 0.25) is 0 Å². The minimum atomic E-state index is 0.809. The standard InChI is InChI=1S/C11H10O/c12-8-10-6-3-5-9-4-1-2-7-11(9)10/h2-3,5-8H,1,4H2. The third kappa shape index (κ3) is 1.07. The summed E-state index contributed by atoms with van der Waals surface area (Å²) in [6.07, 6.45) is 7.25. The molecule has 1 aromatic rings. The maximum atomic E-state index is 10.6. The van der Waals surface area contributed by atoms with Gasteiger partial charge in [0.15, 0.2) is 6.29 Å². The lowest BCUT2D eigenvalue weighted by atomic mass is 9.94. The van der Waals surface area contributed by atoms with E-state index in [1.807, 2.05) is 18.2 Å². The second kappa shape index (κ2) is 2.94. The number of allylic oxidation sites excluding steroid dienone is 1. The Hall–Kier alpha value is -1.37. The third-order valence-corrected chi connectivity index (χ3v) is 2.22. The van der Waals surface area contributed by atoms with Crippen molar-refractivity contribution in [3.8, 4) is 0 Å². The molecule has 0 aromatic heterocycles. The van der Waals surface area contributed by atoms with Gasteiger partial charge in [0.05, 0.1) is 0 Å². The monoisotopic (exact) mass is 158 g/mol. The van der Waals surface area contributed by atoms with E-state index < -0.39 is 0 Å². The van der Waals surface area contributed by atoms with Gasteiger partial charge < -0.3 is 0 Å². The van der Waals surface area contributed by atoms with Crippen molar-refractivity contribution in [2.45, 2.75) is 12.8 Å². The van der Waals surface area contributed by atoms with Gasteiger partial charge in [-0.2, -0.15) is 0 Å². The van der Waals surface area contributed by atoms with Crippen LogP contribution in [0, 0.1) is 0 Å². The van der Waals surface area contributed by atoms with Crippen LogP contribution in [0.15, 0.2) is 24.3 Å². The van der Waals surface area contributed by atoms with E-state index in [-0.39, 0.29) is 0 Å². The predicted molar refractivity (Wildman–Crippen MR) is 49.2 cm³/mol. The van der Waals surface area contributed by atoms with Crippen molar-refractivity contribution >= 4 is 12.4 Å². The Morgan fingerprint density at radius 2 is 2.25 bits per heavy atom. The predicted octanol–water partition coefficient (Wildman–Crippen LogP) is 2.46. The van der Waals surface area contributed by atoms with Crippen molar-refractivity contribution < 1.29 is 4.79 Å². The highest BCUT2D eigenvalue weighted by atomic mass is 16.1. The molecule has 12 heavy (non-hydrogen) atoms. The molecule has 2 rings (SSSR count). The van der Waals surface area contributed by atoms with Crippen LogP contribution in [0.25, 0.3) is 6.08 Å². The van der Waals surface area contributed by atoms with Crippen LogP contribution in [0.1, 0.15) is 27.9 Å². The molecule has 1 aliphatic carbocycles. The van der Waals surface area contributed by atoms with Gasteiger partial charge in [-0.3, -0.25) is 4.79 Å². The zero-order chi connectivity index (χ0) is 8.39. The highest BCUT2D eigenvalue weighted by Crippen LogP contribution is 2.21. The molecule has 1 heteroatoms. The maximum Gasteiger partial charge on any atom is 0.150 e. The van der Waals surface area contributed by atoms with E-state index in [0.717, 1.165) is 30.3 Å². The molecule has 0 radical (unpaired) electrons. The van der Waals surface area contributed by atoms with Crippen LogP contribution >= 0.6 is 0 Å². The van der Waals surface area contributed by atoms with E-state index in [1.165, 1.54) is 5.56 Å². The number of benzene rings is 1. The Labute approximate surface area is 71.7 Å². The molecule has 1 aliphatic rings. The van der Waals surface area contributed by atoms with Crippen LogP contribution in [0.5, 0.6) is 0 Å². The van der Waals surface area contributed by atoms with Gasteiger partial charge >= 0.3 is 0 Å². The highest BCUT2D eigenvalue weighted by molar-refractivity contribution is 5.83. The molecule has 1 aromatic carbocycles. The van der Waals surface area contributed by atoms with Crippen LogP contribution in [-0.2, 0) is 6.42 Å². The summed E-state index contributed by atoms with van der Waals surface area (Å²) in [5.41, 5.74) is 3.21. The number of rotatable bonds is 1. The summed E-state index contributed by atoms with van der Waals surface area (Å²) in [7, 11) is 0. The van der Waals surface area contributed by atoms with Crippen molar-refractivity contribution in [2.24, 2.45) is 0 Å². The van der Waals surface area contributed by atoms with Crippen LogP contribution < -0.4 is 0 Å². The quantitative estimate of drug-likeness (QED) is 0.574. The van der Waals surface area contributed by atoms with Crippen LogP contribution in [0.4, 0.5) is 0 Å².